The number of rotatable bonds is 2. The van der Waals surface area contributed by atoms with Crippen LogP contribution >= 0.6 is 22.7 Å². The van der Waals surface area contributed by atoms with E-state index in [4.69, 9.17) is 0 Å². The van der Waals surface area contributed by atoms with Gasteiger partial charge in [0.25, 0.3) is 5.91 Å². The van der Waals surface area contributed by atoms with Crippen LogP contribution in [-0.2, 0) is 0 Å². The normalized spacial score (nSPS) is 11.2. The average molecular weight is 339 g/mol. The van der Waals surface area contributed by atoms with E-state index in [1.165, 1.54) is 11.3 Å². The van der Waals surface area contributed by atoms with Crippen molar-refractivity contribution in [2.24, 2.45) is 0 Å². The van der Waals surface area contributed by atoms with Crippen molar-refractivity contribution in [2.75, 3.05) is 5.32 Å². The molecule has 1 amide bonds. The summed E-state index contributed by atoms with van der Waals surface area (Å²) in [5.41, 5.74) is 3.46. The Balaban J connectivity index is 1.73. The summed E-state index contributed by atoms with van der Waals surface area (Å²) < 4.78 is 2.17. The van der Waals surface area contributed by atoms with E-state index >= 15 is 0 Å². The van der Waals surface area contributed by atoms with Crippen molar-refractivity contribution < 1.29 is 4.79 Å². The number of aromatic nitrogens is 2. The number of thiazole rings is 2. The van der Waals surface area contributed by atoms with Gasteiger partial charge in [-0.15, -0.1) is 11.3 Å². The Morgan fingerprint density at radius 3 is 2.70 bits per heavy atom. The lowest BCUT2D eigenvalue weighted by Crippen LogP contribution is -2.12. The van der Waals surface area contributed by atoms with Crippen LogP contribution in [-0.4, -0.2) is 15.9 Å². The summed E-state index contributed by atoms with van der Waals surface area (Å²) in [6.07, 6.45) is 0. The summed E-state index contributed by atoms with van der Waals surface area (Å²) in [6, 6.07) is 11.5. The third-order valence-corrected chi connectivity index (χ3v) is 5.56. The van der Waals surface area contributed by atoms with Crippen LogP contribution in [0.2, 0.25) is 0 Å². The molecule has 0 saturated heterocycles. The predicted octanol–water partition coefficient (Wildman–Crippen LogP) is 4.78. The van der Waals surface area contributed by atoms with E-state index in [1.54, 1.807) is 11.3 Å². The molecule has 0 aliphatic heterocycles. The molecule has 2 heterocycles. The summed E-state index contributed by atoms with van der Waals surface area (Å²) in [5, 5.41) is 4.54. The summed E-state index contributed by atoms with van der Waals surface area (Å²) in [7, 11) is 0. The molecule has 6 heteroatoms. The van der Waals surface area contributed by atoms with Gasteiger partial charge in [0.2, 0.25) is 0 Å². The molecule has 4 aromatic rings. The monoisotopic (exact) mass is 339 g/mol. The number of hydrogen-bond acceptors (Lipinski definition) is 5. The van der Waals surface area contributed by atoms with E-state index < -0.39 is 0 Å². The molecule has 1 N–H and O–H groups in total. The van der Waals surface area contributed by atoms with Gasteiger partial charge in [-0.3, -0.25) is 10.1 Å². The van der Waals surface area contributed by atoms with E-state index in [2.05, 4.69) is 15.3 Å². The van der Waals surface area contributed by atoms with E-state index in [1.807, 2.05) is 50.2 Å². The highest BCUT2D eigenvalue weighted by molar-refractivity contribution is 7.24. The van der Waals surface area contributed by atoms with Gasteiger partial charge in [0.1, 0.15) is 5.52 Å². The third kappa shape index (κ3) is 2.50. The number of amides is 1. The van der Waals surface area contributed by atoms with Crippen molar-refractivity contribution in [1.82, 2.24) is 9.97 Å². The zero-order valence-electron chi connectivity index (χ0n) is 12.6. The molecule has 23 heavy (non-hydrogen) atoms. The number of nitrogens with one attached hydrogen (secondary N) is 1. The summed E-state index contributed by atoms with van der Waals surface area (Å²) in [5.74, 6) is -0.132. The fraction of sp³-hybridized carbons (Fsp3) is 0.118. The van der Waals surface area contributed by atoms with Gasteiger partial charge in [0.15, 0.2) is 5.13 Å². The van der Waals surface area contributed by atoms with Crippen molar-refractivity contribution in [3.63, 3.8) is 0 Å². The zero-order valence-corrected chi connectivity index (χ0v) is 14.2. The van der Waals surface area contributed by atoms with Gasteiger partial charge < -0.3 is 0 Å². The molecular weight excluding hydrogens is 326 g/mol. The van der Waals surface area contributed by atoms with Gasteiger partial charge in [-0.1, -0.05) is 29.5 Å². The van der Waals surface area contributed by atoms with Crippen LogP contribution in [0.4, 0.5) is 5.13 Å². The minimum atomic E-state index is -0.132. The van der Waals surface area contributed by atoms with Crippen molar-refractivity contribution in [3.05, 3.63) is 52.5 Å². The number of fused-ring (bicyclic) bond motifs is 3. The second kappa shape index (κ2) is 5.40. The molecule has 0 radical (unpaired) electrons. The second-order valence-corrected chi connectivity index (χ2v) is 7.52. The summed E-state index contributed by atoms with van der Waals surface area (Å²) in [6.45, 7) is 3.92. The van der Waals surface area contributed by atoms with Crippen LogP contribution in [0.25, 0.3) is 20.4 Å². The largest absolute Gasteiger partial charge is 0.298 e. The molecule has 0 atom stereocenters. The van der Waals surface area contributed by atoms with Crippen LogP contribution < -0.4 is 5.32 Å². The predicted molar refractivity (Wildman–Crippen MR) is 96.7 cm³/mol. The Morgan fingerprint density at radius 1 is 1.04 bits per heavy atom. The zero-order chi connectivity index (χ0) is 16.0. The summed E-state index contributed by atoms with van der Waals surface area (Å²) >= 11 is 3.14. The molecule has 0 aliphatic carbocycles. The topological polar surface area (TPSA) is 54.9 Å². The molecule has 0 saturated carbocycles. The number of aryl methyl sites for hydroxylation is 2. The summed E-state index contributed by atoms with van der Waals surface area (Å²) in [4.78, 5) is 21.5. The number of carbonyl (C=O) groups excluding carboxylic acids is 1. The number of carbonyl (C=O) groups is 1. The molecule has 0 unspecified atom stereocenters. The van der Waals surface area contributed by atoms with Gasteiger partial charge in [-0.05, 0) is 37.6 Å². The quantitative estimate of drug-likeness (QED) is 0.572. The first kappa shape index (κ1) is 14.3. The highest BCUT2D eigenvalue weighted by Gasteiger charge is 2.14. The third-order valence-electron chi connectivity index (χ3n) is 3.63. The Kier molecular flexibility index (Phi) is 3.36. The van der Waals surface area contributed by atoms with Gasteiger partial charge in [0.05, 0.1) is 19.9 Å². The minimum Gasteiger partial charge on any atom is -0.298 e. The molecule has 4 nitrogen and oxygen atoms in total. The van der Waals surface area contributed by atoms with Gasteiger partial charge >= 0.3 is 0 Å². The van der Waals surface area contributed by atoms with Crippen LogP contribution in [0.15, 0.2) is 36.4 Å². The smallest absolute Gasteiger partial charge is 0.257 e. The first-order valence-corrected chi connectivity index (χ1v) is 8.79. The maximum Gasteiger partial charge on any atom is 0.257 e. The van der Waals surface area contributed by atoms with E-state index in [0.717, 1.165) is 31.0 Å². The number of hydrogen-bond donors (Lipinski definition) is 1. The number of nitrogens with zero attached hydrogens (tertiary/aromatic N) is 2. The maximum atomic E-state index is 12.4. The Labute approximate surface area is 140 Å². The van der Waals surface area contributed by atoms with Gasteiger partial charge in [-0.25, -0.2) is 9.97 Å². The molecule has 2 aromatic heterocycles. The molecule has 0 bridgehead atoms. The van der Waals surface area contributed by atoms with Crippen LogP contribution in [0.5, 0.6) is 0 Å². The lowest BCUT2D eigenvalue weighted by atomic mass is 10.1. The lowest BCUT2D eigenvalue weighted by Gasteiger charge is -2.04. The highest BCUT2D eigenvalue weighted by Crippen LogP contribution is 2.34. The van der Waals surface area contributed by atoms with Crippen molar-refractivity contribution in [3.8, 4) is 0 Å². The van der Waals surface area contributed by atoms with E-state index in [-0.39, 0.29) is 5.91 Å². The van der Waals surface area contributed by atoms with Crippen LogP contribution in [0.3, 0.4) is 0 Å². The SMILES string of the molecule is Cc1nc2c(ccc3nc(NC(=O)c4ccccc4C)sc32)s1. The standard InChI is InChI=1S/C17H13N3OS2/c1-9-5-3-4-6-11(9)16(21)20-17-19-12-7-8-13-14(15(12)23-17)18-10(2)22-13/h3-8H,1-2H3,(H,19,20,21). The Morgan fingerprint density at radius 2 is 1.87 bits per heavy atom. The number of anilines is 1. The van der Waals surface area contributed by atoms with Crippen molar-refractivity contribution in [1.29, 1.82) is 0 Å². The number of benzene rings is 2. The Bertz CT molecular complexity index is 1050. The van der Waals surface area contributed by atoms with Crippen molar-refractivity contribution in [2.45, 2.75) is 13.8 Å². The first-order chi connectivity index (χ1) is 11.1. The molecule has 0 aliphatic rings. The lowest BCUT2D eigenvalue weighted by molar-refractivity contribution is 0.102. The van der Waals surface area contributed by atoms with Gasteiger partial charge in [-0.2, -0.15) is 0 Å². The second-order valence-electron chi connectivity index (χ2n) is 5.28. The Hall–Kier alpha value is -2.31. The first-order valence-electron chi connectivity index (χ1n) is 7.15. The molecule has 0 spiro atoms. The fourth-order valence-electron chi connectivity index (χ4n) is 2.53. The highest BCUT2D eigenvalue weighted by atomic mass is 32.1. The maximum absolute atomic E-state index is 12.4. The average Bonchev–Trinajstić information content (AvgIpc) is 3.09. The van der Waals surface area contributed by atoms with E-state index in [0.29, 0.717) is 10.7 Å². The van der Waals surface area contributed by atoms with Gasteiger partial charge in [0, 0.05) is 5.56 Å². The van der Waals surface area contributed by atoms with Crippen LogP contribution in [0, 0.1) is 13.8 Å². The molecule has 4 rings (SSSR count). The minimum absolute atomic E-state index is 0.132. The van der Waals surface area contributed by atoms with E-state index in [9.17, 15) is 4.79 Å². The molecule has 114 valence electrons. The van der Waals surface area contributed by atoms with Crippen LogP contribution in [0.1, 0.15) is 20.9 Å². The molecular formula is C17H13N3OS2. The molecule has 2 aromatic carbocycles. The van der Waals surface area contributed by atoms with Crippen molar-refractivity contribution >= 4 is 54.1 Å². The molecule has 0 fully saturated rings. The fourth-order valence-corrected chi connectivity index (χ4v) is 4.39.